The Hall–Kier alpha value is 0.872. The van der Waals surface area contributed by atoms with E-state index in [-0.39, 0.29) is 43.8 Å². The van der Waals surface area contributed by atoms with Crippen molar-refractivity contribution in [2.45, 2.75) is 0 Å². The van der Waals surface area contributed by atoms with Crippen molar-refractivity contribution in [1.29, 1.82) is 0 Å². The first-order chi connectivity index (χ1) is 0. The van der Waals surface area contributed by atoms with Gasteiger partial charge in [0.05, 0.1) is 0 Å². The van der Waals surface area contributed by atoms with E-state index in [0.29, 0.717) is 0 Å². The molecular weight excluding hydrogens is 174 g/mol. The van der Waals surface area contributed by atoms with E-state index in [2.05, 4.69) is 0 Å². The topological polar surface area (TPSA) is 63.0 Å². The minimum Gasteiger partial charge on any atom is -1.00 e. The summed E-state index contributed by atoms with van der Waals surface area (Å²) in [6.45, 7) is 0. The average molecular weight is 178 g/mol. The molecule has 0 aliphatic carbocycles. The van der Waals surface area contributed by atoms with Crippen LogP contribution in [0.15, 0.2) is 0 Å². The van der Waals surface area contributed by atoms with E-state index in [9.17, 15) is 0 Å². The van der Waals surface area contributed by atoms with Gasteiger partial charge in [-0.25, -0.2) is 0 Å². The van der Waals surface area contributed by atoms with Gasteiger partial charge in [0.25, 0.3) is 0 Å². The zero-order valence-electron chi connectivity index (χ0n) is 1.69. The van der Waals surface area contributed by atoms with Crippen LogP contribution in [0, 0.1) is 0 Å². The third-order valence-corrected chi connectivity index (χ3v) is 0. The molecular formula is H4ClO2Pd+. The molecule has 0 aromatic carbocycles. The van der Waals surface area contributed by atoms with Gasteiger partial charge in [0.15, 0.2) is 0 Å². The molecule has 0 aromatic heterocycles. The van der Waals surface area contributed by atoms with Gasteiger partial charge in [-0.1, -0.05) is 0 Å². The fraction of sp³-hybridized carbons (Fsp3) is 0. The summed E-state index contributed by atoms with van der Waals surface area (Å²) in [6, 6.07) is 0. The predicted octanol–water partition coefficient (Wildman–Crippen LogP) is -4.65. The maximum atomic E-state index is 0. The third-order valence-electron chi connectivity index (χ3n) is 0. The van der Waals surface area contributed by atoms with Crippen molar-refractivity contribution in [3.8, 4) is 0 Å². The first-order valence-corrected chi connectivity index (χ1v) is 0. The van der Waals surface area contributed by atoms with E-state index < -0.39 is 0 Å². The van der Waals surface area contributed by atoms with Crippen LogP contribution in [0.3, 0.4) is 0 Å². The van der Waals surface area contributed by atoms with Crippen LogP contribution in [0.25, 0.3) is 0 Å². The number of hydrogen-bond acceptors (Lipinski definition) is 0. The maximum Gasteiger partial charge on any atom is 2.00 e. The largest absolute Gasteiger partial charge is 2.00 e. The van der Waals surface area contributed by atoms with E-state index in [1.807, 2.05) is 0 Å². The molecule has 0 saturated carbocycles. The SMILES string of the molecule is O.O.[Cl-].[Pd+2]. The summed E-state index contributed by atoms with van der Waals surface area (Å²) in [5, 5.41) is 0. The molecule has 2 nitrogen and oxygen atoms in total. The second kappa shape index (κ2) is 42.0. The average Bonchev–Trinajstić information content (AvgIpc) is 0. The van der Waals surface area contributed by atoms with Crippen molar-refractivity contribution in [3.05, 3.63) is 0 Å². The smallest absolute Gasteiger partial charge is 1.00 e. The summed E-state index contributed by atoms with van der Waals surface area (Å²) in [4.78, 5) is 0. The Kier molecular flexibility index (Phi) is 1010. The van der Waals surface area contributed by atoms with Gasteiger partial charge in [0, 0.05) is 0 Å². The minimum atomic E-state index is 0. The quantitative estimate of drug-likeness (QED) is 0.335. The Morgan fingerprint density at radius 2 is 0.750 bits per heavy atom. The van der Waals surface area contributed by atoms with Crippen LogP contribution in [-0.2, 0) is 20.4 Å². The molecule has 0 aliphatic rings. The van der Waals surface area contributed by atoms with Crippen LogP contribution in [0.1, 0.15) is 0 Å². The monoisotopic (exact) mass is 177 g/mol. The number of rotatable bonds is 0. The van der Waals surface area contributed by atoms with Crippen LogP contribution in [-0.4, -0.2) is 11.0 Å². The molecule has 4 N–H and O–H groups in total. The van der Waals surface area contributed by atoms with Crippen LogP contribution >= 0.6 is 0 Å². The second-order valence-corrected chi connectivity index (χ2v) is 0. The number of halogens is 1. The standard InChI is InChI=1S/ClH.2H2O.Pd/h1H;2*1H2;/q;;;+2/p-1. The van der Waals surface area contributed by atoms with Crippen LogP contribution in [0.5, 0.6) is 0 Å². The van der Waals surface area contributed by atoms with Crippen molar-refractivity contribution in [1.82, 2.24) is 0 Å². The van der Waals surface area contributed by atoms with Gasteiger partial charge in [0.2, 0.25) is 0 Å². The zero-order valence-corrected chi connectivity index (χ0v) is 4.00. The summed E-state index contributed by atoms with van der Waals surface area (Å²) in [5.74, 6) is 0. The van der Waals surface area contributed by atoms with E-state index >= 15 is 0 Å². The van der Waals surface area contributed by atoms with Gasteiger partial charge in [-0.05, 0) is 0 Å². The molecule has 4 heteroatoms. The maximum absolute atomic E-state index is 0. The Labute approximate surface area is 44.3 Å². The fourth-order valence-electron chi connectivity index (χ4n) is 0. The fourth-order valence-corrected chi connectivity index (χ4v) is 0. The molecule has 0 fully saturated rings. The summed E-state index contributed by atoms with van der Waals surface area (Å²) in [5.41, 5.74) is 0. The van der Waals surface area contributed by atoms with Crippen molar-refractivity contribution in [2.75, 3.05) is 0 Å². The van der Waals surface area contributed by atoms with E-state index in [0.717, 1.165) is 0 Å². The molecule has 0 atom stereocenters. The molecule has 0 unspecified atom stereocenters. The molecule has 0 spiro atoms. The summed E-state index contributed by atoms with van der Waals surface area (Å²) >= 11 is 0. The van der Waals surface area contributed by atoms with Gasteiger partial charge in [-0.3, -0.25) is 0 Å². The molecule has 0 aliphatic heterocycles. The Bertz CT molecular complexity index is 6.00. The van der Waals surface area contributed by atoms with Gasteiger partial charge in [-0.15, -0.1) is 0 Å². The first kappa shape index (κ1) is 96.0. The van der Waals surface area contributed by atoms with Gasteiger partial charge >= 0.3 is 20.4 Å². The molecule has 0 bridgehead atoms. The normalized spacial score (nSPS) is 0. The molecule has 4 heavy (non-hydrogen) atoms. The van der Waals surface area contributed by atoms with Crippen molar-refractivity contribution >= 4 is 0 Å². The Balaban J connectivity index is 0. The molecule has 32 valence electrons. The summed E-state index contributed by atoms with van der Waals surface area (Å²) < 4.78 is 0. The van der Waals surface area contributed by atoms with E-state index in [4.69, 9.17) is 0 Å². The van der Waals surface area contributed by atoms with Crippen LogP contribution < -0.4 is 12.4 Å². The minimum absolute atomic E-state index is 0. The van der Waals surface area contributed by atoms with Gasteiger partial charge in [-0.2, -0.15) is 0 Å². The Morgan fingerprint density at radius 1 is 0.750 bits per heavy atom. The third kappa shape index (κ3) is 13.2. The van der Waals surface area contributed by atoms with Crippen LogP contribution in [0.4, 0.5) is 0 Å². The predicted molar refractivity (Wildman–Crippen MR) is 7.23 cm³/mol. The molecule has 0 aromatic rings. The molecule has 0 saturated heterocycles. The van der Waals surface area contributed by atoms with Gasteiger partial charge < -0.3 is 23.4 Å². The molecule has 0 rings (SSSR count). The van der Waals surface area contributed by atoms with Crippen molar-refractivity contribution in [3.63, 3.8) is 0 Å². The summed E-state index contributed by atoms with van der Waals surface area (Å²) in [6.07, 6.45) is 0. The molecule has 0 heterocycles. The van der Waals surface area contributed by atoms with Gasteiger partial charge in [0.1, 0.15) is 0 Å². The molecule has 0 radical (unpaired) electrons. The van der Waals surface area contributed by atoms with E-state index in [1.165, 1.54) is 0 Å². The first-order valence-electron chi connectivity index (χ1n) is 0. The zero-order chi connectivity index (χ0) is 0. The van der Waals surface area contributed by atoms with Crippen LogP contribution in [0.2, 0.25) is 0 Å². The second-order valence-electron chi connectivity index (χ2n) is 0. The molecule has 0 amide bonds. The van der Waals surface area contributed by atoms with E-state index in [1.54, 1.807) is 0 Å². The van der Waals surface area contributed by atoms with Crippen molar-refractivity contribution < 1.29 is 43.8 Å². The van der Waals surface area contributed by atoms with Crippen molar-refractivity contribution in [2.24, 2.45) is 0 Å². The number of hydrogen-bond donors (Lipinski definition) is 0. The Morgan fingerprint density at radius 3 is 0.750 bits per heavy atom. The summed E-state index contributed by atoms with van der Waals surface area (Å²) in [7, 11) is 0.